The molecule has 0 saturated carbocycles. The zero-order chi connectivity index (χ0) is 17.5. The van der Waals surface area contributed by atoms with E-state index in [1.165, 1.54) is 6.07 Å². The second kappa shape index (κ2) is 5.59. The van der Waals surface area contributed by atoms with Crippen LogP contribution in [0.25, 0.3) is 5.78 Å². The van der Waals surface area contributed by atoms with Crippen LogP contribution in [0.3, 0.4) is 0 Å². The summed E-state index contributed by atoms with van der Waals surface area (Å²) in [5.74, 6) is -1.82. The highest BCUT2D eigenvalue weighted by molar-refractivity contribution is 6.03. The summed E-state index contributed by atoms with van der Waals surface area (Å²) < 4.78 is 39.1. The van der Waals surface area contributed by atoms with Crippen LogP contribution in [0.4, 0.5) is 19.0 Å². The van der Waals surface area contributed by atoms with Crippen LogP contribution in [0.1, 0.15) is 27.4 Å². The van der Waals surface area contributed by atoms with Crippen molar-refractivity contribution in [1.29, 1.82) is 0 Å². The predicted octanol–water partition coefficient (Wildman–Crippen LogP) is 3.01. The van der Waals surface area contributed by atoms with Crippen LogP contribution in [-0.2, 0) is 6.18 Å². The van der Waals surface area contributed by atoms with E-state index >= 15 is 0 Å². The van der Waals surface area contributed by atoms with Crippen LogP contribution >= 0.6 is 0 Å². The summed E-state index contributed by atoms with van der Waals surface area (Å²) in [6.45, 7) is 3.39. The van der Waals surface area contributed by atoms with Crippen molar-refractivity contribution in [2.24, 2.45) is 0 Å². The molecule has 3 aromatic rings. The van der Waals surface area contributed by atoms with Crippen molar-refractivity contribution >= 4 is 17.5 Å². The molecule has 1 N–H and O–H groups in total. The maximum atomic E-state index is 12.7. The Morgan fingerprint density at radius 1 is 1.17 bits per heavy atom. The van der Waals surface area contributed by atoms with Crippen molar-refractivity contribution in [3.8, 4) is 0 Å². The Morgan fingerprint density at radius 3 is 2.58 bits per heavy atom. The van der Waals surface area contributed by atoms with Gasteiger partial charge < -0.3 is 5.32 Å². The van der Waals surface area contributed by atoms with Gasteiger partial charge in [-0.25, -0.2) is 4.52 Å². The van der Waals surface area contributed by atoms with Gasteiger partial charge in [0.2, 0.25) is 0 Å². The van der Waals surface area contributed by atoms with Crippen LogP contribution in [0.2, 0.25) is 0 Å². The highest BCUT2D eigenvalue weighted by Gasteiger charge is 2.36. The van der Waals surface area contributed by atoms with Crippen molar-refractivity contribution in [2.75, 3.05) is 5.32 Å². The first-order valence-electron chi connectivity index (χ1n) is 6.94. The molecule has 0 fully saturated rings. The van der Waals surface area contributed by atoms with E-state index in [0.717, 1.165) is 10.1 Å². The number of benzene rings is 1. The molecule has 0 radical (unpaired) electrons. The molecule has 3 rings (SSSR count). The molecule has 2 heterocycles. The van der Waals surface area contributed by atoms with Gasteiger partial charge in [-0.15, -0.1) is 5.10 Å². The molecule has 0 aliphatic carbocycles. The number of carbonyl (C=O) groups is 1. The fourth-order valence-corrected chi connectivity index (χ4v) is 2.17. The number of alkyl halides is 3. The van der Waals surface area contributed by atoms with E-state index in [1.54, 1.807) is 25.1 Å². The maximum absolute atomic E-state index is 12.7. The topological polar surface area (TPSA) is 72.2 Å². The molecule has 0 bridgehead atoms. The molecule has 1 amide bonds. The lowest BCUT2D eigenvalue weighted by molar-refractivity contribution is -0.144. The first kappa shape index (κ1) is 15.9. The van der Waals surface area contributed by atoms with Gasteiger partial charge in [0.1, 0.15) is 5.82 Å². The zero-order valence-corrected chi connectivity index (χ0v) is 12.7. The summed E-state index contributed by atoms with van der Waals surface area (Å²) in [6, 6.07) is 8.34. The average molecular weight is 335 g/mol. The number of aromatic nitrogens is 4. The number of halogens is 3. The number of hydrogen-bond donors (Lipinski definition) is 1. The Hall–Kier alpha value is -2.97. The molecule has 0 aliphatic rings. The first-order chi connectivity index (χ1) is 11.2. The van der Waals surface area contributed by atoms with Gasteiger partial charge in [-0.05, 0) is 26.0 Å². The van der Waals surface area contributed by atoms with Crippen LogP contribution in [-0.4, -0.2) is 25.5 Å². The van der Waals surface area contributed by atoms with Crippen molar-refractivity contribution in [3.05, 3.63) is 53.0 Å². The zero-order valence-electron chi connectivity index (χ0n) is 12.7. The molecule has 2 aromatic heterocycles. The Morgan fingerprint density at radius 2 is 1.92 bits per heavy atom. The molecular weight excluding hydrogens is 323 g/mol. The van der Waals surface area contributed by atoms with Gasteiger partial charge in [0.15, 0.2) is 0 Å². The molecule has 1 aromatic carbocycles. The molecule has 0 aliphatic heterocycles. The lowest BCUT2D eigenvalue weighted by atomic mass is 10.1. The molecule has 0 unspecified atom stereocenters. The van der Waals surface area contributed by atoms with E-state index < -0.39 is 17.9 Å². The molecule has 24 heavy (non-hydrogen) atoms. The lowest BCUT2D eigenvalue weighted by Gasteiger charge is -2.06. The molecule has 124 valence electrons. The van der Waals surface area contributed by atoms with E-state index in [4.69, 9.17) is 0 Å². The van der Waals surface area contributed by atoms with Crippen molar-refractivity contribution in [3.63, 3.8) is 0 Å². The number of fused-ring (bicyclic) bond motifs is 1. The summed E-state index contributed by atoms with van der Waals surface area (Å²) in [5, 5.41) is 5.93. The fourth-order valence-electron chi connectivity index (χ4n) is 2.17. The molecule has 0 spiro atoms. The van der Waals surface area contributed by atoms with Crippen molar-refractivity contribution in [1.82, 2.24) is 19.6 Å². The third kappa shape index (κ3) is 3.05. The summed E-state index contributed by atoms with van der Waals surface area (Å²) in [4.78, 5) is 19.5. The minimum atomic E-state index is -4.66. The summed E-state index contributed by atoms with van der Waals surface area (Å²) in [7, 11) is 0. The standard InChI is InChI=1S/C15H12F3N5O/c1-8-4-3-5-10(6-8)12(24)19-11-7-9(2)23-14(20-11)21-13(22-23)15(16,17)18/h3-7H,1-2H3,(H,19,20,21,22,24). The Balaban J connectivity index is 1.94. The number of aryl methyl sites for hydroxylation is 2. The quantitative estimate of drug-likeness (QED) is 0.781. The number of amides is 1. The van der Waals surface area contributed by atoms with Gasteiger partial charge in [-0.3, -0.25) is 4.79 Å². The molecule has 6 nitrogen and oxygen atoms in total. The van der Waals surface area contributed by atoms with Crippen LogP contribution in [0, 0.1) is 13.8 Å². The van der Waals surface area contributed by atoms with E-state index in [-0.39, 0.29) is 11.6 Å². The summed E-state index contributed by atoms with van der Waals surface area (Å²) in [5.41, 5.74) is 1.70. The molecule has 0 atom stereocenters. The number of hydrogen-bond acceptors (Lipinski definition) is 4. The molecule has 0 saturated heterocycles. The van der Waals surface area contributed by atoms with E-state index in [9.17, 15) is 18.0 Å². The smallest absolute Gasteiger partial charge is 0.306 e. The predicted molar refractivity (Wildman–Crippen MR) is 79.7 cm³/mol. The number of nitrogens with zero attached hydrogens (tertiary/aromatic N) is 4. The molecule has 9 heteroatoms. The average Bonchev–Trinajstić information content (AvgIpc) is 2.92. The SMILES string of the molecule is Cc1cccc(C(=O)Nc2cc(C)n3nc(C(F)(F)F)nc3n2)c1. The Labute approximate surface area is 134 Å². The van der Waals surface area contributed by atoms with Crippen molar-refractivity contribution in [2.45, 2.75) is 20.0 Å². The largest absolute Gasteiger partial charge is 0.453 e. The van der Waals surface area contributed by atoms with E-state index in [0.29, 0.717) is 11.3 Å². The third-order valence-corrected chi connectivity index (χ3v) is 3.27. The van der Waals surface area contributed by atoms with Crippen molar-refractivity contribution < 1.29 is 18.0 Å². The summed E-state index contributed by atoms with van der Waals surface area (Å²) >= 11 is 0. The van der Waals surface area contributed by atoms with Crippen LogP contribution in [0.15, 0.2) is 30.3 Å². The van der Waals surface area contributed by atoms with Gasteiger partial charge in [0.25, 0.3) is 17.5 Å². The van der Waals surface area contributed by atoms with Crippen LogP contribution in [0.5, 0.6) is 0 Å². The number of anilines is 1. The highest BCUT2D eigenvalue weighted by Crippen LogP contribution is 2.26. The Kier molecular flexibility index (Phi) is 3.70. The van der Waals surface area contributed by atoms with Gasteiger partial charge in [0, 0.05) is 17.3 Å². The van der Waals surface area contributed by atoms with Gasteiger partial charge >= 0.3 is 6.18 Å². The number of carbonyl (C=O) groups excluding carboxylic acids is 1. The minimum Gasteiger partial charge on any atom is -0.306 e. The summed E-state index contributed by atoms with van der Waals surface area (Å²) in [6.07, 6.45) is -4.66. The Bertz CT molecular complexity index is 932. The lowest BCUT2D eigenvalue weighted by Crippen LogP contribution is -2.14. The number of nitrogens with one attached hydrogen (secondary N) is 1. The second-order valence-electron chi connectivity index (χ2n) is 5.25. The van der Waals surface area contributed by atoms with E-state index in [1.807, 2.05) is 13.0 Å². The fraction of sp³-hybridized carbons (Fsp3) is 0.200. The molecular formula is C15H12F3N5O. The van der Waals surface area contributed by atoms with Gasteiger partial charge in [-0.2, -0.15) is 23.1 Å². The maximum Gasteiger partial charge on any atom is 0.453 e. The highest BCUT2D eigenvalue weighted by atomic mass is 19.4. The monoisotopic (exact) mass is 335 g/mol. The first-order valence-corrected chi connectivity index (χ1v) is 6.94. The number of rotatable bonds is 2. The van der Waals surface area contributed by atoms with Crippen LogP contribution < -0.4 is 5.32 Å². The second-order valence-corrected chi connectivity index (χ2v) is 5.25. The van der Waals surface area contributed by atoms with E-state index in [2.05, 4.69) is 20.4 Å². The normalized spacial score (nSPS) is 11.7. The minimum absolute atomic E-state index is 0.104. The van der Waals surface area contributed by atoms with Gasteiger partial charge in [-0.1, -0.05) is 17.7 Å². The third-order valence-electron chi connectivity index (χ3n) is 3.27. The van der Waals surface area contributed by atoms with Gasteiger partial charge in [0.05, 0.1) is 0 Å².